The molecule has 0 bridgehead atoms. The molecule has 0 spiro atoms. The molecule has 0 aliphatic rings. The van der Waals surface area contributed by atoms with Gasteiger partial charge in [-0.15, -0.1) is 0 Å². The molecule has 1 aromatic heterocycles. The molecule has 0 saturated heterocycles. The SMILES string of the molecule is CCc1nc(=O)n(-c2cccc(C(=O)NCc3ccccc3)c2)c2cc(Cl)ccc12. The van der Waals surface area contributed by atoms with Crippen molar-refractivity contribution in [2.75, 3.05) is 0 Å². The predicted octanol–water partition coefficient (Wildman–Crippen LogP) is 4.53. The van der Waals surface area contributed by atoms with E-state index in [0.29, 0.717) is 34.8 Å². The fourth-order valence-electron chi connectivity index (χ4n) is 3.45. The van der Waals surface area contributed by atoms with Gasteiger partial charge in [-0.2, -0.15) is 4.98 Å². The first-order valence-corrected chi connectivity index (χ1v) is 10.1. The van der Waals surface area contributed by atoms with Gasteiger partial charge in [0.05, 0.1) is 16.9 Å². The van der Waals surface area contributed by atoms with E-state index in [0.717, 1.165) is 16.6 Å². The Hall–Kier alpha value is -3.44. The highest BCUT2D eigenvalue weighted by atomic mass is 35.5. The van der Waals surface area contributed by atoms with E-state index in [2.05, 4.69) is 10.3 Å². The summed E-state index contributed by atoms with van der Waals surface area (Å²) in [5.74, 6) is -0.214. The molecule has 0 fully saturated rings. The third-order valence-corrected chi connectivity index (χ3v) is 5.17. The molecule has 0 unspecified atom stereocenters. The highest BCUT2D eigenvalue weighted by Crippen LogP contribution is 2.23. The monoisotopic (exact) mass is 417 g/mol. The van der Waals surface area contributed by atoms with Crippen molar-refractivity contribution in [3.8, 4) is 5.69 Å². The Morgan fingerprint density at radius 3 is 2.60 bits per heavy atom. The van der Waals surface area contributed by atoms with Crippen molar-refractivity contribution in [1.29, 1.82) is 0 Å². The molecule has 1 N–H and O–H groups in total. The number of aromatic nitrogens is 2. The minimum atomic E-state index is -0.400. The van der Waals surface area contributed by atoms with Gasteiger partial charge in [0.2, 0.25) is 0 Å². The highest BCUT2D eigenvalue weighted by molar-refractivity contribution is 6.31. The van der Waals surface area contributed by atoms with Gasteiger partial charge in [-0.3, -0.25) is 9.36 Å². The summed E-state index contributed by atoms with van der Waals surface area (Å²) in [7, 11) is 0. The number of halogens is 1. The molecular formula is C24H20ClN3O2. The molecule has 4 rings (SSSR count). The highest BCUT2D eigenvalue weighted by Gasteiger charge is 2.13. The summed E-state index contributed by atoms with van der Waals surface area (Å²) in [5, 5.41) is 4.30. The number of aryl methyl sites for hydroxylation is 1. The third-order valence-electron chi connectivity index (χ3n) is 4.93. The summed E-state index contributed by atoms with van der Waals surface area (Å²) in [4.78, 5) is 29.7. The lowest BCUT2D eigenvalue weighted by Gasteiger charge is -2.13. The first-order chi connectivity index (χ1) is 14.6. The Kier molecular flexibility index (Phi) is 5.63. The summed E-state index contributed by atoms with van der Waals surface area (Å²) in [6, 6.07) is 22.0. The summed E-state index contributed by atoms with van der Waals surface area (Å²) in [6.45, 7) is 2.38. The van der Waals surface area contributed by atoms with Crippen LogP contribution in [0.1, 0.15) is 28.5 Å². The molecule has 150 valence electrons. The number of rotatable bonds is 5. The Morgan fingerprint density at radius 2 is 1.83 bits per heavy atom. The average molecular weight is 418 g/mol. The number of hydrogen-bond acceptors (Lipinski definition) is 3. The Labute approximate surface area is 179 Å². The Balaban J connectivity index is 1.73. The maximum Gasteiger partial charge on any atom is 0.352 e. The van der Waals surface area contributed by atoms with Gasteiger partial charge in [-0.25, -0.2) is 4.79 Å². The second-order valence-corrected chi connectivity index (χ2v) is 7.35. The first-order valence-electron chi connectivity index (χ1n) is 9.70. The van der Waals surface area contributed by atoms with E-state index in [9.17, 15) is 9.59 Å². The Bertz CT molecular complexity index is 1280. The van der Waals surface area contributed by atoms with Crippen LogP contribution in [0.4, 0.5) is 0 Å². The van der Waals surface area contributed by atoms with Crippen LogP contribution in [0.5, 0.6) is 0 Å². The van der Waals surface area contributed by atoms with E-state index in [1.54, 1.807) is 36.4 Å². The maximum atomic E-state index is 12.8. The van der Waals surface area contributed by atoms with Gasteiger partial charge in [-0.05, 0) is 48.4 Å². The van der Waals surface area contributed by atoms with Crippen LogP contribution in [0.2, 0.25) is 5.02 Å². The van der Waals surface area contributed by atoms with Crippen LogP contribution in [0, 0.1) is 0 Å². The number of fused-ring (bicyclic) bond motifs is 1. The zero-order chi connectivity index (χ0) is 21.1. The van der Waals surface area contributed by atoms with Crippen LogP contribution in [-0.4, -0.2) is 15.5 Å². The minimum Gasteiger partial charge on any atom is -0.348 e. The van der Waals surface area contributed by atoms with Gasteiger partial charge in [0.15, 0.2) is 0 Å². The van der Waals surface area contributed by atoms with Crippen LogP contribution in [-0.2, 0) is 13.0 Å². The number of nitrogens with zero attached hydrogens (tertiary/aromatic N) is 2. The second-order valence-electron chi connectivity index (χ2n) is 6.91. The van der Waals surface area contributed by atoms with E-state index in [1.165, 1.54) is 4.57 Å². The van der Waals surface area contributed by atoms with Crippen LogP contribution < -0.4 is 11.0 Å². The van der Waals surface area contributed by atoms with Gasteiger partial charge in [0.25, 0.3) is 5.91 Å². The van der Waals surface area contributed by atoms with Gasteiger partial charge in [-0.1, -0.05) is 54.9 Å². The maximum absolute atomic E-state index is 12.8. The summed E-state index contributed by atoms with van der Waals surface area (Å²) in [5.41, 5.74) is 3.03. The molecule has 5 nitrogen and oxygen atoms in total. The molecule has 1 heterocycles. The van der Waals surface area contributed by atoms with E-state index >= 15 is 0 Å². The number of carbonyl (C=O) groups is 1. The van der Waals surface area contributed by atoms with Crippen molar-refractivity contribution in [1.82, 2.24) is 14.9 Å². The number of hydrogen-bond donors (Lipinski definition) is 1. The van der Waals surface area contributed by atoms with Crippen molar-refractivity contribution >= 4 is 28.4 Å². The van der Waals surface area contributed by atoms with Crippen LogP contribution >= 0.6 is 11.6 Å². The summed E-state index contributed by atoms with van der Waals surface area (Å²) in [6.07, 6.45) is 0.635. The number of benzene rings is 3. The molecule has 1 amide bonds. The standard InChI is InChI=1S/C24H20ClN3O2/c1-2-21-20-12-11-18(25)14-22(20)28(24(30)27-21)19-10-6-9-17(13-19)23(29)26-15-16-7-4-3-5-8-16/h3-14H,2,15H2,1H3,(H,26,29). The fourth-order valence-corrected chi connectivity index (χ4v) is 3.61. The lowest BCUT2D eigenvalue weighted by atomic mass is 10.1. The normalized spacial score (nSPS) is 10.9. The zero-order valence-corrected chi connectivity index (χ0v) is 17.2. The lowest BCUT2D eigenvalue weighted by Crippen LogP contribution is -2.25. The summed E-state index contributed by atoms with van der Waals surface area (Å²) >= 11 is 6.21. The van der Waals surface area contributed by atoms with Crippen molar-refractivity contribution in [2.24, 2.45) is 0 Å². The molecule has 4 aromatic rings. The average Bonchev–Trinajstić information content (AvgIpc) is 2.77. The minimum absolute atomic E-state index is 0.214. The van der Waals surface area contributed by atoms with Crippen LogP contribution in [0.25, 0.3) is 16.6 Å². The topological polar surface area (TPSA) is 64.0 Å². The molecule has 6 heteroatoms. The number of amides is 1. The molecule has 0 radical (unpaired) electrons. The smallest absolute Gasteiger partial charge is 0.348 e. The van der Waals surface area contributed by atoms with Crippen molar-refractivity contribution in [3.63, 3.8) is 0 Å². The first kappa shape index (κ1) is 19.9. The quantitative estimate of drug-likeness (QED) is 0.518. The number of carbonyl (C=O) groups excluding carboxylic acids is 1. The van der Waals surface area contributed by atoms with E-state index < -0.39 is 5.69 Å². The molecular weight excluding hydrogens is 398 g/mol. The molecule has 30 heavy (non-hydrogen) atoms. The molecule has 0 aliphatic heterocycles. The molecule has 0 aliphatic carbocycles. The van der Waals surface area contributed by atoms with Crippen LogP contribution in [0.3, 0.4) is 0 Å². The van der Waals surface area contributed by atoms with E-state index in [4.69, 9.17) is 11.6 Å². The largest absolute Gasteiger partial charge is 0.352 e. The number of nitrogens with one attached hydrogen (secondary N) is 1. The van der Waals surface area contributed by atoms with E-state index in [1.807, 2.05) is 43.3 Å². The van der Waals surface area contributed by atoms with Crippen LogP contribution in [0.15, 0.2) is 77.6 Å². The van der Waals surface area contributed by atoms with Gasteiger partial charge < -0.3 is 5.32 Å². The van der Waals surface area contributed by atoms with Crippen molar-refractivity contribution < 1.29 is 4.79 Å². The van der Waals surface area contributed by atoms with Crippen molar-refractivity contribution in [2.45, 2.75) is 19.9 Å². The molecule has 0 saturated carbocycles. The fraction of sp³-hybridized carbons (Fsp3) is 0.125. The van der Waals surface area contributed by atoms with Gasteiger partial charge >= 0.3 is 5.69 Å². The van der Waals surface area contributed by atoms with Crippen molar-refractivity contribution in [3.05, 3.63) is 105 Å². The predicted molar refractivity (Wildman–Crippen MR) is 119 cm³/mol. The lowest BCUT2D eigenvalue weighted by molar-refractivity contribution is 0.0951. The van der Waals surface area contributed by atoms with Gasteiger partial charge in [0, 0.05) is 22.5 Å². The molecule has 0 atom stereocenters. The van der Waals surface area contributed by atoms with Gasteiger partial charge in [0.1, 0.15) is 0 Å². The third kappa shape index (κ3) is 3.98. The Morgan fingerprint density at radius 1 is 1.03 bits per heavy atom. The van der Waals surface area contributed by atoms with E-state index in [-0.39, 0.29) is 5.91 Å². The second kappa shape index (κ2) is 8.51. The molecule has 3 aromatic carbocycles. The summed E-state index contributed by atoms with van der Waals surface area (Å²) < 4.78 is 1.49. The zero-order valence-electron chi connectivity index (χ0n) is 16.4.